The van der Waals surface area contributed by atoms with E-state index < -0.39 is 0 Å². The highest BCUT2D eigenvalue weighted by atomic mass is 32.1. The fourth-order valence-corrected chi connectivity index (χ4v) is 2.37. The quantitative estimate of drug-likeness (QED) is 0.711. The van der Waals surface area contributed by atoms with Gasteiger partial charge in [0.15, 0.2) is 0 Å². The molecule has 80 valence electrons. The minimum absolute atomic E-state index is 0.328. The number of rotatable bonds is 6. The van der Waals surface area contributed by atoms with Crippen molar-refractivity contribution in [2.45, 2.75) is 39.0 Å². The van der Waals surface area contributed by atoms with Crippen molar-refractivity contribution in [3.05, 3.63) is 22.4 Å². The molecule has 0 saturated carbocycles. The molecule has 0 spiro atoms. The van der Waals surface area contributed by atoms with Crippen LogP contribution in [0.3, 0.4) is 0 Å². The molecule has 1 rings (SSSR count). The monoisotopic (exact) mass is 211 g/mol. The first-order valence-corrected chi connectivity index (χ1v) is 6.29. The molecule has 1 heterocycles. The second-order valence-corrected chi connectivity index (χ2v) is 5.31. The van der Waals surface area contributed by atoms with Crippen LogP contribution in [0.1, 0.15) is 38.5 Å². The Morgan fingerprint density at radius 2 is 2.14 bits per heavy atom. The summed E-state index contributed by atoms with van der Waals surface area (Å²) in [5, 5.41) is 5.62. The topological polar surface area (TPSA) is 12.0 Å². The molecule has 0 saturated heterocycles. The van der Waals surface area contributed by atoms with Crippen molar-refractivity contribution in [2.24, 2.45) is 0 Å². The largest absolute Gasteiger partial charge is 0.317 e. The fraction of sp³-hybridized carbons (Fsp3) is 0.667. The van der Waals surface area contributed by atoms with Gasteiger partial charge in [-0.05, 0) is 37.4 Å². The van der Waals surface area contributed by atoms with Crippen LogP contribution in [0.5, 0.6) is 0 Å². The lowest BCUT2D eigenvalue weighted by Gasteiger charge is -2.23. The van der Waals surface area contributed by atoms with Crippen molar-refractivity contribution in [1.29, 1.82) is 0 Å². The van der Waals surface area contributed by atoms with E-state index >= 15 is 0 Å². The van der Waals surface area contributed by atoms with Gasteiger partial charge in [0.25, 0.3) is 0 Å². The molecule has 0 amide bonds. The van der Waals surface area contributed by atoms with Crippen LogP contribution in [0.25, 0.3) is 0 Å². The van der Waals surface area contributed by atoms with Gasteiger partial charge in [-0.25, -0.2) is 0 Å². The van der Waals surface area contributed by atoms with Gasteiger partial charge in [0.05, 0.1) is 0 Å². The molecule has 0 bridgehead atoms. The zero-order valence-corrected chi connectivity index (χ0v) is 10.3. The van der Waals surface area contributed by atoms with E-state index in [4.69, 9.17) is 0 Å². The summed E-state index contributed by atoms with van der Waals surface area (Å²) in [4.78, 5) is 1.50. The zero-order valence-electron chi connectivity index (χ0n) is 9.47. The maximum Gasteiger partial charge on any atom is 0.0102 e. The molecule has 0 aliphatic rings. The van der Waals surface area contributed by atoms with Crippen LogP contribution in [-0.2, 0) is 5.41 Å². The molecule has 1 N–H and O–H groups in total. The number of hydrogen-bond donors (Lipinski definition) is 1. The smallest absolute Gasteiger partial charge is 0.0102 e. The fourth-order valence-electron chi connectivity index (χ4n) is 1.49. The highest BCUT2D eigenvalue weighted by Gasteiger charge is 2.20. The molecule has 1 nitrogen and oxygen atoms in total. The molecule has 0 unspecified atom stereocenters. The third-order valence-corrected chi connectivity index (χ3v) is 3.78. The summed E-state index contributed by atoms with van der Waals surface area (Å²) in [6.45, 7) is 9.12. The van der Waals surface area contributed by atoms with E-state index in [0.29, 0.717) is 5.41 Å². The van der Waals surface area contributed by atoms with Crippen molar-refractivity contribution < 1.29 is 0 Å². The minimum atomic E-state index is 0.328. The number of nitrogens with one attached hydrogen (secondary N) is 1. The molecular weight excluding hydrogens is 190 g/mol. The van der Waals surface area contributed by atoms with E-state index in [1.54, 1.807) is 0 Å². The first-order chi connectivity index (χ1) is 6.67. The lowest BCUT2D eigenvalue weighted by molar-refractivity contribution is 0.465. The van der Waals surface area contributed by atoms with Crippen LogP contribution < -0.4 is 5.32 Å². The molecule has 1 aromatic heterocycles. The SMILES string of the molecule is CCCNCCC(C)(C)c1cccs1. The molecule has 1 aromatic rings. The van der Waals surface area contributed by atoms with E-state index in [0.717, 1.165) is 13.1 Å². The Labute approximate surface area is 91.5 Å². The van der Waals surface area contributed by atoms with Crippen LogP contribution >= 0.6 is 11.3 Å². The van der Waals surface area contributed by atoms with E-state index in [2.05, 4.69) is 43.6 Å². The van der Waals surface area contributed by atoms with E-state index in [9.17, 15) is 0 Å². The van der Waals surface area contributed by atoms with Crippen molar-refractivity contribution in [1.82, 2.24) is 5.32 Å². The van der Waals surface area contributed by atoms with Crippen LogP contribution in [0.2, 0.25) is 0 Å². The summed E-state index contributed by atoms with van der Waals surface area (Å²) < 4.78 is 0. The average Bonchev–Trinajstić information content (AvgIpc) is 2.65. The second-order valence-electron chi connectivity index (χ2n) is 4.36. The number of hydrogen-bond acceptors (Lipinski definition) is 2. The first kappa shape index (κ1) is 11.7. The highest BCUT2D eigenvalue weighted by molar-refractivity contribution is 7.10. The molecule has 0 atom stereocenters. The second kappa shape index (κ2) is 5.52. The Morgan fingerprint density at radius 3 is 2.71 bits per heavy atom. The lowest BCUT2D eigenvalue weighted by atomic mass is 9.87. The van der Waals surface area contributed by atoms with Gasteiger partial charge >= 0.3 is 0 Å². The summed E-state index contributed by atoms with van der Waals surface area (Å²) in [5.41, 5.74) is 0.328. The van der Waals surface area contributed by atoms with Gasteiger partial charge in [0.2, 0.25) is 0 Å². The first-order valence-electron chi connectivity index (χ1n) is 5.41. The van der Waals surface area contributed by atoms with Gasteiger partial charge in [0, 0.05) is 10.3 Å². The van der Waals surface area contributed by atoms with E-state index in [1.165, 1.54) is 17.7 Å². The Balaban J connectivity index is 2.35. The van der Waals surface area contributed by atoms with Gasteiger partial charge in [-0.15, -0.1) is 11.3 Å². The van der Waals surface area contributed by atoms with Crippen molar-refractivity contribution >= 4 is 11.3 Å². The van der Waals surface area contributed by atoms with Crippen molar-refractivity contribution in [3.63, 3.8) is 0 Å². The summed E-state index contributed by atoms with van der Waals surface area (Å²) in [6.07, 6.45) is 2.44. The average molecular weight is 211 g/mol. The van der Waals surface area contributed by atoms with Gasteiger partial charge < -0.3 is 5.32 Å². The maximum atomic E-state index is 3.46. The zero-order chi connectivity index (χ0) is 10.4. The predicted octanol–water partition coefficient (Wildman–Crippen LogP) is 3.42. The third kappa shape index (κ3) is 3.43. The van der Waals surface area contributed by atoms with Crippen molar-refractivity contribution in [2.75, 3.05) is 13.1 Å². The summed E-state index contributed by atoms with van der Waals surface area (Å²) >= 11 is 1.87. The van der Waals surface area contributed by atoms with Gasteiger partial charge in [-0.1, -0.05) is 26.8 Å². The maximum absolute atomic E-state index is 3.46. The molecule has 14 heavy (non-hydrogen) atoms. The molecule has 0 aliphatic carbocycles. The third-order valence-electron chi connectivity index (χ3n) is 2.54. The standard InChI is InChI=1S/C12H21NS/c1-4-8-13-9-7-12(2,3)11-6-5-10-14-11/h5-6,10,13H,4,7-9H2,1-3H3. The Morgan fingerprint density at radius 1 is 1.36 bits per heavy atom. The Bertz CT molecular complexity index is 239. The summed E-state index contributed by atoms with van der Waals surface area (Å²) in [6, 6.07) is 4.38. The summed E-state index contributed by atoms with van der Waals surface area (Å²) in [7, 11) is 0. The molecular formula is C12H21NS. The lowest BCUT2D eigenvalue weighted by Crippen LogP contribution is -2.25. The van der Waals surface area contributed by atoms with Crippen LogP contribution in [-0.4, -0.2) is 13.1 Å². The minimum Gasteiger partial charge on any atom is -0.317 e. The van der Waals surface area contributed by atoms with Gasteiger partial charge in [-0.3, -0.25) is 0 Å². The molecule has 0 radical (unpaired) electrons. The highest BCUT2D eigenvalue weighted by Crippen LogP contribution is 2.30. The Kier molecular flexibility index (Phi) is 4.63. The molecule has 0 aliphatic heterocycles. The van der Waals surface area contributed by atoms with Gasteiger partial charge in [0.1, 0.15) is 0 Å². The van der Waals surface area contributed by atoms with Gasteiger partial charge in [-0.2, -0.15) is 0 Å². The van der Waals surface area contributed by atoms with Crippen LogP contribution in [0, 0.1) is 0 Å². The molecule has 0 aromatic carbocycles. The van der Waals surface area contributed by atoms with Crippen LogP contribution in [0.15, 0.2) is 17.5 Å². The normalized spacial score (nSPS) is 11.9. The Hall–Kier alpha value is -0.340. The molecule has 0 fully saturated rings. The van der Waals surface area contributed by atoms with E-state index in [1.807, 2.05) is 11.3 Å². The van der Waals surface area contributed by atoms with Crippen LogP contribution in [0.4, 0.5) is 0 Å². The number of thiophene rings is 1. The molecule has 2 heteroatoms. The predicted molar refractivity (Wildman–Crippen MR) is 65.1 cm³/mol. The van der Waals surface area contributed by atoms with Crippen molar-refractivity contribution in [3.8, 4) is 0 Å². The summed E-state index contributed by atoms with van der Waals surface area (Å²) in [5.74, 6) is 0. The van der Waals surface area contributed by atoms with E-state index in [-0.39, 0.29) is 0 Å².